The van der Waals surface area contributed by atoms with Crippen LogP contribution in [0.15, 0.2) is 24.3 Å². The van der Waals surface area contributed by atoms with Crippen molar-refractivity contribution in [3.05, 3.63) is 29.8 Å². The van der Waals surface area contributed by atoms with Crippen LogP contribution in [0, 0.1) is 0 Å². The lowest BCUT2D eigenvalue weighted by Crippen LogP contribution is -2.50. The predicted octanol–water partition coefficient (Wildman–Crippen LogP) is 4.26. The lowest BCUT2D eigenvalue weighted by Gasteiger charge is -2.29. The third kappa shape index (κ3) is 11.6. The average Bonchev–Trinajstić information content (AvgIpc) is 2.57. The van der Waals surface area contributed by atoms with Gasteiger partial charge in [-0.15, -0.1) is 0 Å². The van der Waals surface area contributed by atoms with Gasteiger partial charge in [-0.05, 0) is 30.5 Å². The van der Waals surface area contributed by atoms with Gasteiger partial charge in [-0.3, -0.25) is 4.79 Å². The molecule has 1 aromatic rings. The number of anilines is 1. The average molecular weight is 393 g/mol. The molecule has 6 nitrogen and oxygen atoms in total. The second-order valence-electron chi connectivity index (χ2n) is 8.58. The van der Waals surface area contributed by atoms with Gasteiger partial charge < -0.3 is 20.2 Å². The van der Waals surface area contributed by atoms with Gasteiger partial charge >= 0.3 is 12.0 Å². The molecule has 1 atom stereocenters. The number of rotatable bonds is 13. The van der Waals surface area contributed by atoms with E-state index < -0.39 is 12.0 Å². The molecule has 0 aromatic heterocycles. The molecule has 0 saturated carbocycles. The van der Waals surface area contributed by atoms with Crippen LogP contribution in [0.1, 0.15) is 57.4 Å². The van der Waals surface area contributed by atoms with E-state index in [0.717, 1.165) is 6.42 Å². The van der Waals surface area contributed by atoms with E-state index in [1.807, 2.05) is 45.4 Å². The fraction of sp³-hybridized carbons (Fsp3) is 0.636. The number of amides is 2. The normalized spacial score (nSPS) is 12.4. The summed E-state index contributed by atoms with van der Waals surface area (Å²) >= 11 is 0. The number of unbranched alkanes of at least 4 members (excludes halogenated alkanes) is 5. The van der Waals surface area contributed by atoms with Crippen LogP contribution in [0.25, 0.3) is 0 Å². The van der Waals surface area contributed by atoms with Gasteiger partial charge in [0.2, 0.25) is 0 Å². The van der Waals surface area contributed by atoms with Gasteiger partial charge in [-0.25, -0.2) is 4.79 Å². The summed E-state index contributed by atoms with van der Waals surface area (Å²) in [6.45, 7) is 2.77. The Hall–Kier alpha value is -2.08. The number of benzene rings is 1. The van der Waals surface area contributed by atoms with E-state index in [0.29, 0.717) is 16.7 Å². The number of carboxylic acids is 1. The van der Waals surface area contributed by atoms with E-state index in [1.54, 1.807) is 0 Å². The standard InChI is InChI=1S/C22H37N3O3/c1-5-6-7-8-9-10-11-18-12-14-19(15-13-18)23-22(28)24-20(16-21(26)27)17-25(2,3)4/h12-15,20H,5-11,16-17H2,1-4H3,(H2-,23,24,26,27,28)/p+1/t20-/m1/s1. The summed E-state index contributed by atoms with van der Waals surface area (Å²) in [5.74, 6) is -0.919. The van der Waals surface area contributed by atoms with E-state index in [9.17, 15) is 9.59 Å². The Morgan fingerprint density at radius 1 is 1.00 bits per heavy atom. The minimum absolute atomic E-state index is 0.0971. The molecule has 0 unspecified atom stereocenters. The van der Waals surface area contributed by atoms with Gasteiger partial charge in [-0.1, -0.05) is 51.2 Å². The van der Waals surface area contributed by atoms with E-state index in [2.05, 4.69) is 17.6 Å². The number of hydrogen-bond acceptors (Lipinski definition) is 2. The fourth-order valence-electron chi connectivity index (χ4n) is 3.25. The van der Waals surface area contributed by atoms with Crippen LogP contribution in [0.5, 0.6) is 0 Å². The molecule has 3 N–H and O–H groups in total. The molecule has 0 saturated heterocycles. The summed E-state index contributed by atoms with van der Waals surface area (Å²) < 4.78 is 0.575. The number of aryl methyl sites for hydroxylation is 1. The molecule has 6 heteroatoms. The van der Waals surface area contributed by atoms with Crippen LogP contribution in [0.4, 0.5) is 10.5 Å². The second kappa shape index (κ2) is 12.4. The third-order valence-corrected chi connectivity index (χ3v) is 4.56. The predicted molar refractivity (Wildman–Crippen MR) is 115 cm³/mol. The molecule has 2 amide bonds. The molecular formula is C22H38N3O3+. The van der Waals surface area contributed by atoms with E-state index in [1.165, 1.54) is 44.1 Å². The number of nitrogens with one attached hydrogen (secondary N) is 2. The molecule has 0 aliphatic rings. The molecule has 0 heterocycles. The number of urea groups is 1. The smallest absolute Gasteiger partial charge is 0.319 e. The van der Waals surface area contributed by atoms with Crippen LogP contribution in [-0.2, 0) is 11.2 Å². The molecule has 158 valence electrons. The Balaban J connectivity index is 2.44. The van der Waals surface area contributed by atoms with Gasteiger partial charge in [-0.2, -0.15) is 0 Å². The molecule has 0 aliphatic heterocycles. The minimum atomic E-state index is -0.919. The van der Waals surface area contributed by atoms with E-state index in [-0.39, 0.29) is 12.5 Å². The van der Waals surface area contributed by atoms with E-state index in [4.69, 9.17) is 5.11 Å². The van der Waals surface area contributed by atoms with Gasteiger partial charge in [0.15, 0.2) is 0 Å². The SMILES string of the molecule is CCCCCCCCc1ccc(NC(=O)N[C@H](CC(=O)O)C[N+](C)(C)C)cc1. The van der Waals surface area contributed by atoms with Crippen LogP contribution in [-0.4, -0.2) is 55.3 Å². The molecule has 28 heavy (non-hydrogen) atoms. The number of nitrogens with zero attached hydrogens (tertiary/aromatic N) is 1. The van der Waals surface area contributed by atoms with Crippen molar-refractivity contribution in [2.45, 2.75) is 64.3 Å². The van der Waals surface area contributed by atoms with Gasteiger partial charge in [0.05, 0.1) is 40.2 Å². The summed E-state index contributed by atoms with van der Waals surface area (Å²) in [6.07, 6.45) is 8.64. The molecule has 0 radical (unpaired) electrons. The molecule has 0 fully saturated rings. The highest BCUT2D eigenvalue weighted by atomic mass is 16.4. The zero-order valence-electron chi connectivity index (χ0n) is 18.0. The van der Waals surface area contributed by atoms with Gasteiger partial charge in [0.1, 0.15) is 0 Å². The summed E-state index contributed by atoms with van der Waals surface area (Å²) in [5, 5.41) is 14.6. The van der Waals surface area contributed by atoms with Crippen LogP contribution in [0.2, 0.25) is 0 Å². The van der Waals surface area contributed by atoms with Crippen LogP contribution in [0.3, 0.4) is 0 Å². The third-order valence-electron chi connectivity index (χ3n) is 4.56. The molecule has 0 spiro atoms. The summed E-state index contributed by atoms with van der Waals surface area (Å²) in [5.41, 5.74) is 1.98. The van der Waals surface area contributed by atoms with Crippen LogP contribution >= 0.6 is 0 Å². The Bertz CT molecular complexity index is 594. The highest BCUT2D eigenvalue weighted by Crippen LogP contribution is 2.13. The summed E-state index contributed by atoms with van der Waals surface area (Å²) in [6, 6.07) is 7.09. The number of hydrogen-bond donors (Lipinski definition) is 3. The van der Waals surface area contributed by atoms with Crippen molar-refractivity contribution in [3.63, 3.8) is 0 Å². The lowest BCUT2D eigenvalue weighted by molar-refractivity contribution is -0.871. The van der Waals surface area contributed by atoms with Crippen LogP contribution < -0.4 is 10.6 Å². The number of carbonyl (C=O) groups is 2. The van der Waals surface area contributed by atoms with Crippen molar-refractivity contribution < 1.29 is 19.2 Å². The zero-order chi connectivity index (χ0) is 21.0. The molecule has 1 rings (SSSR count). The first-order chi connectivity index (χ1) is 13.2. The number of likely N-dealkylation sites (N-methyl/N-ethyl adjacent to an activating group) is 1. The first kappa shape index (κ1) is 24.0. The van der Waals surface area contributed by atoms with Crippen molar-refractivity contribution in [3.8, 4) is 0 Å². The number of carbonyl (C=O) groups excluding carboxylic acids is 1. The highest BCUT2D eigenvalue weighted by molar-refractivity contribution is 5.89. The fourth-order valence-corrected chi connectivity index (χ4v) is 3.25. The van der Waals surface area contributed by atoms with Crippen molar-refractivity contribution in [2.24, 2.45) is 0 Å². The Morgan fingerprint density at radius 3 is 2.18 bits per heavy atom. The first-order valence-corrected chi connectivity index (χ1v) is 10.4. The monoisotopic (exact) mass is 392 g/mol. The Kier molecular flexibility index (Phi) is 10.6. The Morgan fingerprint density at radius 2 is 1.61 bits per heavy atom. The molecule has 0 aliphatic carbocycles. The number of aliphatic carboxylic acids is 1. The van der Waals surface area contributed by atoms with Crippen molar-refractivity contribution in [2.75, 3.05) is 33.0 Å². The summed E-state index contributed by atoms with van der Waals surface area (Å²) in [4.78, 5) is 23.3. The maximum Gasteiger partial charge on any atom is 0.319 e. The molecule has 0 bridgehead atoms. The first-order valence-electron chi connectivity index (χ1n) is 10.4. The number of quaternary nitrogens is 1. The van der Waals surface area contributed by atoms with Crippen molar-refractivity contribution in [1.29, 1.82) is 0 Å². The largest absolute Gasteiger partial charge is 0.481 e. The maximum atomic E-state index is 12.3. The topological polar surface area (TPSA) is 78.4 Å². The number of carboxylic acid groups (broad SMARTS) is 1. The quantitative estimate of drug-likeness (QED) is 0.347. The van der Waals surface area contributed by atoms with Gasteiger partial charge in [0.25, 0.3) is 0 Å². The zero-order valence-corrected chi connectivity index (χ0v) is 18.0. The van der Waals surface area contributed by atoms with Crippen molar-refractivity contribution in [1.82, 2.24) is 5.32 Å². The molecule has 1 aromatic carbocycles. The highest BCUT2D eigenvalue weighted by Gasteiger charge is 2.22. The molecular weight excluding hydrogens is 354 g/mol. The van der Waals surface area contributed by atoms with Crippen molar-refractivity contribution >= 4 is 17.7 Å². The summed E-state index contributed by atoms with van der Waals surface area (Å²) in [7, 11) is 5.91. The van der Waals surface area contributed by atoms with Gasteiger partial charge in [0, 0.05) is 5.69 Å². The minimum Gasteiger partial charge on any atom is -0.481 e. The Labute approximate surface area is 169 Å². The maximum absolute atomic E-state index is 12.3. The lowest BCUT2D eigenvalue weighted by atomic mass is 10.0. The van der Waals surface area contributed by atoms with E-state index >= 15 is 0 Å². The second-order valence-corrected chi connectivity index (χ2v) is 8.58.